The number of halogens is 1. The van der Waals surface area contributed by atoms with Gasteiger partial charge in [-0.2, -0.15) is 0 Å². The molecule has 6 heteroatoms. The van der Waals surface area contributed by atoms with Crippen molar-refractivity contribution < 1.29 is 4.52 Å². The summed E-state index contributed by atoms with van der Waals surface area (Å²) >= 11 is 3.44. The molecular formula is C21H19BrN4O. The van der Waals surface area contributed by atoms with E-state index in [4.69, 9.17) is 10.3 Å². The summed E-state index contributed by atoms with van der Waals surface area (Å²) in [6, 6.07) is 18.2. The van der Waals surface area contributed by atoms with Crippen LogP contribution in [0.4, 0.5) is 5.88 Å². The first-order valence-electron chi connectivity index (χ1n) is 8.72. The van der Waals surface area contributed by atoms with Crippen LogP contribution in [0.5, 0.6) is 0 Å². The van der Waals surface area contributed by atoms with Crippen LogP contribution in [0.1, 0.15) is 5.56 Å². The van der Waals surface area contributed by atoms with E-state index in [0.717, 1.165) is 32.9 Å². The Hall–Kier alpha value is -2.70. The SMILES string of the molecule is NC(CNc1cc(-c2ccc3cnccc3c2)no1)Cc1ccc(Br)cc1. The van der Waals surface area contributed by atoms with Crippen molar-refractivity contribution in [3.63, 3.8) is 0 Å². The van der Waals surface area contributed by atoms with E-state index in [2.05, 4.69) is 49.6 Å². The van der Waals surface area contributed by atoms with Crippen LogP contribution in [0.15, 0.2) is 76.0 Å². The molecule has 0 fully saturated rings. The fraction of sp³-hybridized carbons (Fsp3) is 0.143. The molecule has 1 atom stereocenters. The number of hydrogen-bond donors (Lipinski definition) is 2. The van der Waals surface area contributed by atoms with E-state index in [0.29, 0.717) is 12.4 Å². The van der Waals surface area contributed by atoms with Crippen molar-refractivity contribution in [2.24, 2.45) is 5.73 Å². The molecule has 0 aliphatic rings. The zero-order valence-corrected chi connectivity index (χ0v) is 16.2. The average Bonchev–Trinajstić information content (AvgIpc) is 3.17. The molecular weight excluding hydrogens is 404 g/mol. The van der Waals surface area contributed by atoms with E-state index in [1.165, 1.54) is 5.56 Å². The summed E-state index contributed by atoms with van der Waals surface area (Å²) < 4.78 is 6.48. The number of rotatable bonds is 6. The molecule has 27 heavy (non-hydrogen) atoms. The van der Waals surface area contributed by atoms with Crippen LogP contribution < -0.4 is 11.1 Å². The number of benzene rings is 2. The molecule has 5 nitrogen and oxygen atoms in total. The first-order chi connectivity index (χ1) is 13.2. The molecule has 0 radical (unpaired) electrons. The third-order valence-corrected chi connectivity index (χ3v) is 4.92. The van der Waals surface area contributed by atoms with Gasteiger partial charge in [0.2, 0.25) is 5.88 Å². The second-order valence-corrected chi connectivity index (χ2v) is 7.40. The topological polar surface area (TPSA) is 77.0 Å². The Morgan fingerprint density at radius 3 is 2.74 bits per heavy atom. The normalized spacial score (nSPS) is 12.2. The van der Waals surface area contributed by atoms with Gasteiger partial charge in [0, 0.05) is 46.5 Å². The van der Waals surface area contributed by atoms with E-state index in [-0.39, 0.29) is 6.04 Å². The summed E-state index contributed by atoms with van der Waals surface area (Å²) in [7, 11) is 0. The lowest BCUT2D eigenvalue weighted by Crippen LogP contribution is -2.31. The predicted molar refractivity (Wildman–Crippen MR) is 112 cm³/mol. The molecule has 0 aliphatic heterocycles. The van der Waals surface area contributed by atoms with E-state index < -0.39 is 0 Å². The smallest absolute Gasteiger partial charge is 0.225 e. The maximum Gasteiger partial charge on any atom is 0.225 e. The largest absolute Gasteiger partial charge is 0.352 e. The van der Waals surface area contributed by atoms with Gasteiger partial charge in [0.1, 0.15) is 5.69 Å². The van der Waals surface area contributed by atoms with Crippen LogP contribution in [-0.2, 0) is 6.42 Å². The van der Waals surface area contributed by atoms with Crippen LogP contribution >= 0.6 is 15.9 Å². The van der Waals surface area contributed by atoms with E-state index >= 15 is 0 Å². The maximum absolute atomic E-state index is 6.23. The summed E-state index contributed by atoms with van der Waals surface area (Å²) in [6.45, 7) is 0.605. The van der Waals surface area contributed by atoms with Gasteiger partial charge in [-0.05, 0) is 41.6 Å². The lowest BCUT2D eigenvalue weighted by Gasteiger charge is -2.12. The highest BCUT2D eigenvalue weighted by Gasteiger charge is 2.09. The molecule has 0 aliphatic carbocycles. The Bertz CT molecular complexity index is 1050. The Labute approximate surface area is 165 Å². The second-order valence-electron chi connectivity index (χ2n) is 6.49. The Morgan fingerprint density at radius 2 is 1.89 bits per heavy atom. The van der Waals surface area contributed by atoms with Crippen LogP contribution in [0, 0.1) is 0 Å². The van der Waals surface area contributed by atoms with Crippen molar-refractivity contribution in [2.45, 2.75) is 12.5 Å². The number of hydrogen-bond acceptors (Lipinski definition) is 5. The van der Waals surface area contributed by atoms with Crippen LogP contribution in [-0.4, -0.2) is 22.7 Å². The van der Waals surface area contributed by atoms with E-state index in [9.17, 15) is 0 Å². The summed E-state index contributed by atoms with van der Waals surface area (Å²) in [5.41, 5.74) is 9.23. The minimum atomic E-state index is -0.0205. The van der Waals surface area contributed by atoms with Gasteiger partial charge in [-0.1, -0.05) is 45.4 Å². The fourth-order valence-corrected chi connectivity index (χ4v) is 3.23. The highest BCUT2D eigenvalue weighted by atomic mass is 79.9. The number of pyridine rings is 1. The van der Waals surface area contributed by atoms with Gasteiger partial charge in [-0.15, -0.1) is 0 Å². The molecule has 2 aromatic heterocycles. The molecule has 0 saturated heterocycles. The van der Waals surface area contributed by atoms with Crippen LogP contribution in [0.3, 0.4) is 0 Å². The molecule has 4 rings (SSSR count). The van der Waals surface area contributed by atoms with Crippen molar-refractivity contribution in [3.8, 4) is 11.3 Å². The van der Waals surface area contributed by atoms with Crippen molar-refractivity contribution >= 4 is 32.6 Å². The minimum Gasteiger partial charge on any atom is -0.352 e. The molecule has 0 spiro atoms. The molecule has 0 amide bonds. The predicted octanol–water partition coefficient (Wildman–Crippen LogP) is 4.63. The number of nitrogens with one attached hydrogen (secondary N) is 1. The summed E-state index contributed by atoms with van der Waals surface area (Å²) in [5, 5.41) is 9.62. The average molecular weight is 423 g/mol. The minimum absolute atomic E-state index is 0.0205. The Kier molecular flexibility index (Phi) is 5.18. The van der Waals surface area contributed by atoms with Crippen molar-refractivity contribution in [1.29, 1.82) is 0 Å². The highest BCUT2D eigenvalue weighted by Crippen LogP contribution is 2.25. The monoisotopic (exact) mass is 422 g/mol. The lowest BCUT2D eigenvalue weighted by atomic mass is 10.1. The number of anilines is 1. The van der Waals surface area contributed by atoms with Gasteiger partial charge >= 0.3 is 0 Å². The first-order valence-corrected chi connectivity index (χ1v) is 9.51. The highest BCUT2D eigenvalue weighted by molar-refractivity contribution is 9.10. The van der Waals surface area contributed by atoms with Crippen molar-refractivity contribution in [2.75, 3.05) is 11.9 Å². The summed E-state index contributed by atoms with van der Waals surface area (Å²) in [4.78, 5) is 4.14. The molecule has 0 saturated carbocycles. The van der Waals surface area contributed by atoms with Crippen LogP contribution in [0.25, 0.3) is 22.0 Å². The molecule has 3 N–H and O–H groups in total. The molecule has 136 valence electrons. The zero-order valence-electron chi connectivity index (χ0n) is 14.6. The first kappa shape index (κ1) is 17.7. The quantitative estimate of drug-likeness (QED) is 0.473. The maximum atomic E-state index is 6.23. The lowest BCUT2D eigenvalue weighted by molar-refractivity contribution is 0.433. The van der Waals surface area contributed by atoms with Crippen molar-refractivity contribution in [3.05, 3.63) is 77.0 Å². The van der Waals surface area contributed by atoms with Gasteiger partial charge < -0.3 is 15.6 Å². The van der Waals surface area contributed by atoms with Gasteiger partial charge in [0.15, 0.2) is 0 Å². The van der Waals surface area contributed by atoms with E-state index in [1.807, 2.05) is 42.6 Å². The number of nitrogens with two attached hydrogens (primary N) is 1. The Morgan fingerprint density at radius 1 is 1.04 bits per heavy atom. The van der Waals surface area contributed by atoms with Gasteiger partial charge in [-0.25, -0.2) is 0 Å². The standard InChI is InChI=1S/C21H19BrN4O/c22-18-5-1-14(2-6-18)9-19(23)13-25-21-11-20(26-27-21)16-3-4-17-12-24-8-7-15(17)10-16/h1-8,10-12,19,25H,9,13,23H2. The number of nitrogens with zero attached hydrogens (tertiary/aromatic N) is 2. The molecule has 2 heterocycles. The molecule has 2 aromatic carbocycles. The van der Waals surface area contributed by atoms with Crippen LogP contribution in [0.2, 0.25) is 0 Å². The zero-order chi connectivity index (χ0) is 18.6. The van der Waals surface area contributed by atoms with Gasteiger partial charge in [0.05, 0.1) is 0 Å². The van der Waals surface area contributed by atoms with E-state index in [1.54, 1.807) is 6.20 Å². The van der Waals surface area contributed by atoms with Gasteiger partial charge in [0.25, 0.3) is 0 Å². The third kappa shape index (κ3) is 4.35. The molecule has 1 unspecified atom stereocenters. The Balaban J connectivity index is 1.39. The second kappa shape index (κ2) is 7.90. The van der Waals surface area contributed by atoms with Crippen molar-refractivity contribution in [1.82, 2.24) is 10.1 Å². The third-order valence-electron chi connectivity index (χ3n) is 4.40. The number of fused-ring (bicyclic) bond motifs is 1. The molecule has 0 bridgehead atoms. The summed E-state index contributed by atoms with van der Waals surface area (Å²) in [6.07, 6.45) is 4.43. The van der Waals surface area contributed by atoms with Gasteiger partial charge in [-0.3, -0.25) is 4.98 Å². The fourth-order valence-electron chi connectivity index (χ4n) is 2.96. The summed E-state index contributed by atoms with van der Waals surface area (Å²) in [5.74, 6) is 0.617. The number of aromatic nitrogens is 2. The molecule has 4 aromatic rings.